The Morgan fingerprint density at radius 1 is 0.971 bits per heavy atom. The van der Waals surface area contributed by atoms with E-state index in [4.69, 9.17) is 23.7 Å². The first kappa shape index (κ1) is 24.2. The number of hydrogen-bond acceptors (Lipinski definition) is 7. The fourth-order valence-corrected chi connectivity index (χ4v) is 4.15. The molecule has 0 aromatic heterocycles. The maximum atomic E-state index is 12.9. The van der Waals surface area contributed by atoms with Gasteiger partial charge in [-0.05, 0) is 42.3 Å². The quantitative estimate of drug-likeness (QED) is 0.455. The van der Waals surface area contributed by atoms with E-state index < -0.39 is 12.1 Å². The minimum atomic E-state index is -0.808. The summed E-state index contributed by atoms with van der Waals surface area (Å²) in [5.74, 6) is 2.42. The van der Waals surface area contributed by atoms with E-state index in [2.05, 4.69) is 5.32 Å². The van der Waals surface area contributed by atoms with Crippen LogP contribution in [0.1, 0.15) is 33.9 Å². The van der Waals surface area contributed by atoms with Crippen molar-refractivity contribution in [2.75, 3.05) is 28.1 Å². The first-order valence-electron chi connectivity index (χ1n) is 11.3. The zero-order valence-corrected chi connectivity index (χ0v) is 19.9. The minimum Gasteiger partial charge on any atom is -0.497 e. The number of carbonyl (C=O) groups is 1. The number of aliphatic hydroxyl groups is 1. The van der Waals surface area contributed by atoms with Crippen LogP contribution in [0.4, 0.5) is 0 Å². The van der Waals surface area contributed by atoms with E-state index in [0.717, 1.165) is 5.56 Å². The summed E-state index contributed by atoms with van der Waals surface area (Å²) in [5.41, 5.74) is 2.11. The van der Waals surface area contributed by atoms with Crippen molar-refractivity contribution in [1.29, 1.82) is 0 Å². The SMILES string of the molecule is COc1ccc(C(CC(O)Cc2cc(OC)c3c(c2OC)OCO3)NC(=O)c2ccccc2)cc1. The number of aliphatic hydroxyl groups excluding tert-OH is 1. The highest BCUT2D eigenvalue weighted by molar-refractivity contribution is 5.94. The van der Waals surface area contributed by atoms with Crippen molar-refractivity contribution in [3.05, 3.63) is 77.4 Å². The van der Waals surface area contributed by atoms with Gasteiger partial charge in [-0.2, -0.15) is 0 Å². The Labute approximate surface area is 204 Å². The molecule has 3 aromatic carbocycles. The van der Waals surface area contributed by atoms with Crippen LogP contribution in [-0.4, -0.2) is 45.2 Å². The number of carbonyl (C=O) groups excluding carboxylic acids is 1. The lowest BCUT2D eigenvalue weighted by molar-refractivity contribution is 0.0909. The van der Waals surface area contributed by atoms with Crippen LogP contribution < -0.4 is 29.0 Å². The number of fused-ring (bicyclic) bond motifs is 1. The lowest BCUT2D eigenvalue weighted by Gasteiger charge is -2.23. The molecule has 0 aliphatic carbocycles. The molecule has 0 bridgehead atoms. The van der Waals surface area contributed by atoms with E-state index in [-0.39, 0.29) is 25.5 Å². The van der Waals surface area contributed by atoms with E-state index in [1.807, 2.05) is 42.5 Å². The summed E-state index contributed by atoms with van der Waals surface area (Å²) >= 11 is 0. The Morgan fingerprint density at radius 2 is 1.69 bits per heavy atom. The summed E-state index contributed by atoms with van der Waals surface area (Å²) in [6.07, 6.45) is -0.286. The van der Waals surface area contributed by atoms with Gasteiger partial charge in [0.2, 0.25) is 18.3 Å². The van der Waals surface area contributed by atoms with Crippen molar-refractivity contribution < 1.29 is 33.6 Å². The Hall–Kier alpha value is -3.91. The predicted octanol–water partition coefficient (Wildman–Crippen LogP) is 3.91. The third-order valence-corrected chi connectivity index (χ3v) is 5.89. The van der Waals surface area contributed by atoms with Crippen LogP contribution in [0.5, 0.6) is 28.7 Å². The topological polar surface area (TPSA) is 95.5 Å². The van der Waals surface area contributed by atoms with Crippen molar-refractivity contribution in [1.82, 2.24) is 5.32 Å². The molecular formula is C27H29NO7. The smallest absolute Gasteiger partial charge is 0.251 e. The zero-order chi connectivity index (χ0) is 24.8. The maximum Gasteiger partial charge on any atom is 0.251 e. The van der Waals surface area contributed by atoms with Gasteiger partial charge >= 0.3 is 0 Å². The second-order valence-electron chi connectivity index (χ2n) is 8.09. The zero-order valence-electron chi connectivity index (χ0n) is 19.9. The van der Waals surface area contributed by atoms with E-state index in [0.29, 0.717) is 39.9 Å². The van der Waals surface area contributed by atoms with Gasteiger partial charge in [-0.25, -0.2) is 0 Å². The molecule has 0 saturated carbocycles. The van der Waals surface area contributed by atoms with E-state index in [1.54, 1.807) is 39.5 Å². The molecule has 3 aromatic rings. The molecule has 1 amide bonds. The van der Waals surface area contributed by atoms with Crippen LogP contribution in [-0.2, 0) is 6.42 Å². The monoisotopic (exact) mass is 479 g/mol. The Bertz CT molecular complexity index is 1150. The Balaban J connectivity index is 1.57. The van der Waals surface area contributed by atoms with E-state index >= 15 is 0 Å². The molecule has 2 atom stereocenters. The molecule has 184 valence electrons. The minimum absolute atomic E-state index is 0.0686. The fraction of sp³-hybridized carbons (Fsp3) is 0.296. The lowest BCUT2D eigenvalue weighted by Crippen LogP contribution is -2.31. The Morgan fingerprint density at radius 3 is 2.34 bits per heavy atom. The van der Waals surface area contributed by atoms with Gasteiger partial charge in [-0.3, -0.25) is 4.79 Å². The second kappa shape index (κ2) is 11.0. The summed E-state index contributed by atoms with van der Waals surface area (Å²) in [4.78, 5) is 12.9. The molecule has 2 N–H and O–H groups in total. The average Bonchev–Trinajstić information content (AvgIpc) is 3.38. The first-order valence-corrected chi connectivity index (χ1v) is 11.3. The van der Waals surface area contributed by atoms with Gasteiger partial charge in [-0.1, -0.05) is 30.3 Å². The summed E-state index contributed by atoms with van der Waals surface area (Å²) in [5, 5.41) is 14.2. The van der Waals surface area contributed by atoms with Crippen LogP contribution in [0.2, 0.25) is 0 Å². The van der Waals surface area contributed by atoms with Crippen LogP contribution in [0.25, 0.3) is 0 Å². The summed E-state index contributed by atoms with van der Waals surface area (Å²) < 4.78 is 27.4. The van der Waals surface area contributed by atoms with Crippen molar-refractivity contribution in [3.63, 3.8) is 0 Å². The van der Waals surface area contributed by atoms with Crippen molar-refractivity contribution in [3.8, 4) is 28.7 Å². The third-order valence-electron chi connectivity index (χ3n) is 5.89. The molecule has 0 spiro atoms. The fourth-order valence-electron chi connectivity index (χ4n) is 4.15. The van der Waals surface area contributed by atoms with Gasteiger partial charge in [0.25, 0.3) is 5.91 Å². The molecule has 0 fully saturated rings. The summed E-state index contributed by atoms with van der Waals surface area (Å²) in [6.45, 7) is 0.0686. The van der Waals surface area contributed by atoms with Crippen molar-refractivity contribution >= 4 is 5.91 Å². The number of rotatable bonds is 10. The standard InChI is InChI=1S/C27H29NO7/c1-31-21-11-9-17(10-12-21)22(28-27(30)18-7-5-4-6-8-18)15-20(29)13-19-14-23(32-2)25-26(24(19)33-3)35-16-34-25/h4-12,14,20,22,29H,13,15-16H2,1-3H3,(H,28,30). The number of methoxy groups -OCH3 is 3. The lowest BCUT2D eigenvalue weighted by atomic mass is 9.95. The van der Waals surface area contributed by atoms with Gasteiger partial charge in [0, 0.05) is 17.5 Å². The summed E-state index contributed by atoms with van der Waals surface area (Å²) in [6, 6.07) is 17.7. The third kappa shape index (κ3) is 5.44. The number of nitrogens with one attached hydrogen (secondary N) is 1. The Kier molecular flexibility index (Phi) is 7.62. The van der Waals surface area contributed by atoms with Crippen LogP contribution >= 0.6 is 0 Å². The molecule has 35 heavy (non-hydrogen) atoms. The number of amides is 1. The van der Waals surface area contributed by atoms with Gasteiger partial charge in [-0.15, -0.1) is 0 Å². The highest BCUT2D eigenvalue weighted by atomic mass is 16.7. The van der Waals surface area contributed by atoms with Gasteiger partial charge in [0.1, 0.15) is 5.75 Å². The van der Waals surface area contributed by atoms with E-state index in [9.17, 15) is 9.90 Å². The molecule has 1 heterocycles. The summed E-state index contributed by atoms with van der Waals surface area (Å²) in [7, 11) is 4.68. The second-order valence-corrected chi connectivity index (χ2v) is 8.09. The van der Waals surface area contributed by atoms with Gasteiger partial charge in [0.15, 0.2) is 11.5 Å². The highest BCUT2D eigenvalue weighted by Crippen LogP contribution is 2.49. The van der Waals surface area contributed by atoms with E-state index in [1.165, 1.54) is 0 Å². The van der Waals surface area contributed by atoms with Crippen molar-refractivity contribution in [2.24, 2.45) is 0 Å². The number of hydrogen-bond donors (Lipinski definition) is 2. The number of ether oxygens (including phenoxy) is 5. The molecular weight excluding hydrogens is 450 g/mol. The largest absolute Gasteiger partial charge is 0.497 e. The molecule has 2 unspecified atom stereocenters. The maximum absolute atomic E-state index is 12.9. The normalized spacial score (nSPS) is 13.6. The van der Waals surface area contributed by atoms with Gasteiger partial charge in [0.05, 0.1) is 33.5 Å². The van der Waals surface area contributed by atoms with Crippen LogP contribution in [0.3, 0.4) is 0 Å². The molecule has 8 nitrogen and oxygen atoms in total. The predicted molar refractivity (Wildman–Crippen MR) is 130 cm³/mol. The first-order chi connectivity index (χ1) is 17.0. The number of benzene rings is 3. The van der Waals surface area contributed by atoms with Crippen LogP contribution in [0, 0.1) is 0 Å². The average molecular weight is 480 g/mol. The molecule has 0 saturated heterocycles. The van der Waals surface area contributed by atoms with Crippen molar-refractivity contribution in [2.45, 2.75) is 25.0 Å². The van der Waals surface area contributed by atoms with Crippen LogP contribution in [0.15, 0.2) is 60.7 Å². The molecule has 8 heteroatoms. The molecule has 1 aliphatic heterocycles. The highest BCUT2D eigenvalue weighted by Gasteiger charge is 2.28. The van der Waals surface area contributed by atoms with Gasteiger partial charge < -0.3 is 34.1 Å². The molecule has 1 aliphatic rings. The molecule has 4 rings (SSSR count). The molecule has 0 radical (unpaired) electrons.